The second-order valence-electron chi connectivity index (χ2n) is 3.48. The van der Waals surface area contributed by atoms with Crippen LogP contribution in [0.15, 0.2) is 42.7 Å². The van der Waals surface area contributed by atoms with Gasteiger partial charge >= 0.3 is 0 Å². The molecule has 3 heteroatoms. The van der Waals surface area contributed by atoms with E-state index >= 15 is 0 Å². The van der Waals surface area contributed by atoms with Gasteiger partial charge in [0.05, 0.1) is 11.4 Å². The van der Waals surface area contributed by atoms with E-state index in [4.69, 9.17) is 5.73 Å². The van der Waals surface area contributed by atoms with Gasteiger partial charge in [0.2, 0.25) is 0 Å². The molecular weight excluding hydrogens is 186 g/mol. The summed E-state index contributed by atoms with van der Waals surface area (Å²) in [7, 11) is 0. The molecule has 0 saturated carbocycles. The summed E-state index contributed by atoms with van der Waals surface area (Å²) >= 11 is 0. The number of benzene rings is 1. The minimum atomic E-state index is -0.0598. The van der Waals surface area contributed by atoms with E-state index in [1.54, 1.807) is 6.33 Å². The Morgan fingerprint density at radius 2 is 1.87 bits per heavy atom. The van der Waals surface area contributed by atoms with Crippen LogP contribution in [0.25, 0.3) is 11.3 Å². The van der Waals surface area contributed by atoms with Crippen LogP contribution in [-0.2, 0) is 0 Å². The summed E-state index contributed by atoms with van der Waals surface area (Å²) in [6.45, 7) is 1.91. The van der Waals surface area contributed by atoms with E-state index in [0.717, 1.165) is 17.0 Å². The van der Waals surface area contributed by atoms with E-state index in [9.17, 15) is 0 Å². The topological polar surface area (TPSA) is 51.8 Å². The maximum Gasteiger partial charge on any atom is 0.116 e. The summed E-state index contributed by atoms with van der Waals surface area (Å²) in [5.74, 6) is 0. The summed E-state index contributed by atoms with van der Waals surface area (Å²) in [6.07, 6.45) is 1.56. The van der Waals surface area contributed by atoms with Crippen molar-refractivity contribution < 1.29 is 0 Å². The zero-order valence-electron chi connectivity index (χ0n) is 8.59. The number of aromatic nitrogens is 2. The first kappa shape index (κ1) is 9.80. The summed E-state index contributed by atoms with van der Waals surface area (Å²) in [5.41, 5.74) is 8.63. The molecule has 76 valence electrons. The molecule has 0 fully saturated rings. The van der Waals surface area contributed by atoms with E-state index in [1.165, 1.54) is 0 Å². The molecule has 2 N–H and O–H groups in total. The van der Waals surface area contributed by atoms with E-state index in [0.29, 0.717) is 0 Å². The first-order valence-corrected chi connectivity index (χ1v) is 4.90. The second-order valence-corrected chi connectivity index (χ2v) is 3.48. The minimum Gasteiger partial charge on any atom is -0.323 e. The molecule has 0 amide bonds. The van der Waals surface area contributed by atoms with Gasteiger partial charge in [-0.3, -0.25) is 0 Å². The predicted octanol–water partition coefficient (Wildman–Crippen LogP) is 2.16. The van der Waals surface area contributed by atoms with Crippen LogP contribution in [0, 0.1) is 0 Å². The van der Waals surface area contributed by atoms with Gasteiger partial charge in [0.15, 0.2) is 0 Å². The highest BCUT2D eigenvalue weighted by atomic mass is 14.9. The Morgan fingerprint density at radius 3 is 2.53 bits per heavy atom. The van der Waals surface area contributed by atoms with Crippen LogP contribution >= 0.6 is 0 Å². The van der Waals surface area contributed by atoms with Gasteiger partial charge in [0.25, 0.3) is 0 Å². The first-order valence-electron chi connectivity index (χ1n) is 4.90. The average molecular weight is 199 g/mol. The van der Waals surface area contributed by atoms with Gasteiger partial charge in [-0.25, -0.2) is 9.97 Å². The predicted molar refractivity (Wildman–Crippen MR) is 60.1 cm³/mol. The van der Waals surface area contributed by atoms with E-state index in [-0.39, 0.29) is 6.04 Å². The molecule has 2 aromatic rings. The maximum atomic E-state index is 5.77. The summed E-state index contributed by atoms with van der Waals surface area (Å²) in [4.78, 5) is 8.35. The van der Waals surface area contributed by atoms with Gasteiger partial charge in [-0.05, 0) is 13.0 Å². The fraction of sp³-hybridized carbons (Fsp3) is 0.167. The zero-order chi connectivity index (χ0) is 10.7. The number of hydrogen-bond acceptors (Lipinski definition) is 3. The lowest BCUT2D eigenvalue weighted by molar-refractivity contribution is 0.775. The van der Waals surface area contributed by atoms with Gasteiger partial charge in [-0.15, -0.1) is 0 Å². The number of nitrogens with two attached hydrogens (primary N) is 1. The fourth-order valence-electron chi connectivity index (χ4n) is 1.39. The number of nitrogens with zero attached hydrogens (tertiary/aromatic N) is 2. The van der Waals surface area contributed by atoms with Crippen LogP contribution in [0.3, 0.4) is 0 Å². The van der Waals surface area contributed by atoms with Crippen LogP contribution in [0.5, 0.6) is 0 Å². The molecule has 2 rings (SSSR count). The highest BCUT2D eigenvalue weighted by Gasteiger charge is 2.04. The molecule has 0 aliphatic carbocycles. The Kier molecular flexibility index (Phi) is 2.74. The van der Waals surface area contributed by atoms with Crippen LogP contribution in [-0.4, -0.2) is 9.97 Å². The van der Waals surface area contributed by atoms with Crippen molar-refractivity contribution in [2.24, 2.45) is 5.73 Å². The van der Waals surface area contributed by atoms with Crippen LogP contribution in [0.4, 0.5) is 0 Å². The molecular formula is C12H13N3. The largest absolute Gasteiger partial charge is 0.323 e. The van der Waals surface area contributed by atoms with Crippen LogP contribution in [0.1, 0.15) is 18.7 Å². The Hall–Kier alpha value is -1.74. The molecule has 0 bridgehead atoms. The quantitative estimate of drug-likeness (QED) is 0.806. The molecule has 15 heavy (non-hydrogen) atoms. The van der Waals surface area contributed by atoms with Gasteiger partial charge in [-0.1, -0.05) is 30.3 Å². The molecule has 1 heterocycles. The normalized spacial score (nSPS) is 12.4. The molecule has 1 atom stereocenters. The first-order chi connectivity index (χ1) is 7.27. The Bertz CT molecular complexity index is 438. The lowest BCUT2D eigenvalue weighted by Gasteiger charge is -2.06. The summed E-state index contributed by atoms with van der Waals surface area (Å²) in [5, 5.41) is 0. The molecule has 3 nitrogen and oxygen atoms in total. The van der Waals surface area contributed by atoms with Gasteiger partial charge in [0, 0.05) is 11.6 Å². The fourth-order valence-corrected chi connectivity index (χ4v) is 1.39. The average Bonchev–Trinajstić information content (AvgIpc) is 2.30. The molecule has 1 unspecified atom stereocenters. The third-order valence-corrected chi connectivity index (χ3v) is 2.22. The Balaban J connectivity index is 2.42. The van der Waals surface area contributed by atoms with Gasteiger partial charge < -0.3 is 5.73 Å². The highest BCUT2D eigenvalue weighted by molar-refractivity contribution is 5.58. The standard InChI is InChI=1S/C12H13N3/c1-9(13)11-7-12(15-8-14-11)10-5-3-2-4-6-10/h2-9H,13H2,1H3. The van der Waals surface area contributed by atoms with E-state index in [2.05, 4.69) is 9.97 Å². The van der Waals surface area contributed by atoms with Gasteiger partial charge in [0.1, 0.15) is 6.33 Å². The van der Waals surface area contributed by atoms with Crippen molar-refractivity contribution in [1.82, 2.24) is 9.97 Å². The molecule has 0 aliphatic heterocycles. The third-order valence-electron chi connectivity index (χ3n) is 2.22. The SMILES string of the molecule is CC(N)c1cc(-c2ccccc2)ncn1. The molecule has 0 saturated heterocycles. The van der Waals surface area contributed by atoms with Crippen molar-refractivity contribution in [1.29, 1.82) is 0 Å². The summed E-state index contributed by atoms with van der Waals surface area (Å²) in [6, 6.07) is 11.9. The number of rotatable bonds is 2. The summed E-state index contributed by atoms with van der Waals surface area (Å²) < 4.78 is 0. The Labute approximate surface area is 89.0 Å². The highest BCUT2D eigenvalue weighted by Crippen LogP contribution is 2.17. The second kappa shape index (κ2) is 4.19. The van der Waals surface area contributed by atoms with Crippen molar-refractivity contribution in [2.75, 3.05) is 0 Å². The Morgan fingerprint density at radius 1 is 1.13 bits per heavy atom. The van der Waals surface area contributed by atoms with E-state index < -0.39 is 0 Å². The van der Waals surface area contributed by atoms with Crippen molar-refractivity contribution >= 4 is 0 Å². The lowest BCUT2D eigenvalue weighted by Crippen LogP contribution is -2.07. The van der Waals surface area contributed by atoms with Crippen LogP contribution < -0.4 is 5.73 Å². The zero-order valence-corrected chi connectivity index (χ0v) is 8.59. The maximum absolute atomic E-state index is 5.77. The molecule has 0 radical (unpaired) electrons. The molecule has 0 spiro atoms. The lowest BCUT2D eigenvalue weighted by atomic mass is 10.1. The molecule has 1 aromatic heterocycles. The smallest absolute Gasteiger partial charge is 0.116 e. The number of hydrogen-bond donors (Lipinski definition) is 1. The van der Waals surface area contributed by atoms with E-state index in [1.807, 2.05) is 43.3 Å². The van der Waals surface area contributed by atoms with Gasteiger partial charge in [-0.2, -0.15) is 0 Å². The third kappa shape index (κ3) is 2.19. The van der Waals surface area contributed by atoms with Crippen molar-refractivity contribution in [3.05, 3.63) is 48.4 Å². The monoisotopic (exact) mass is 199 g/mol. The van der Waals surface area contributed by atoms with Crippen molar-refractivity contribution in [2.45, 2.75) is 13.0 Å². The van der Waals surface area contributed by atoms with Crippen molar-refractivity contribution in [3.63, 3.8) is 0 Å². The van der Waals surface area contributed by atoms with Crippen molar-refractivity contribution in [3.8, 4) is 11.3 Å². The molecule has 0 aliphatic rings. The molecule has 1 aromatic carbocycles. The minimum absolute atomic E-state index is 0.0598. The van der Waals surface area contributed by atoms with Crippen LogP contribution in [0.2, 0.25) is 0 Å².